The molecule has 0 saturated carbocycles. The molecule has 1 N–H and O–H groups in total. The summed E-state index contributed by atoms with van der Waals surface area (Å²) in [5.74, 6) is 0.496. The number of aliphatic hydroxyl groups excluding tert-OH is 1. The predicted molar refractivity (Wildman–Crippen MR) is 83.3 cm³/mol. The molecule has 0 radical (unpaired) electrons. The van der Waals surface area contributed by atoms with Gasteiger partial charge in [-0.25, -0.2) is 0 Å². The van der Waals surface area contributed by atoms with Gasteiger partial charge in [-0.1, -0.05) is 25.1 Å². The highest BCUT2D eigenvalue weighted by molar-refractivity contribution is 5.95. The minimum Gasteiger partial charge on any atom is -0.392 e. The fourth-order valence-electron chi connectivity index (χ4n) is 3.33. The number of aliphatic hydroxyl groups is 1. The lowest BCUT2D eigenvalue weighted by molar-refractivity contribution is -0.120. The van der Waals surface area contributed by atoms with E-state index in [9.17, 15) is 9.90 Å². The van der Waals surface area contributed by atoms with E-state index in [4.69, 9.17) is 0 Å². The minimum atomic E-state index is -0.305. The maximum absolute atomic E-state index is 12.6. The van der Waals surface area contributed by atoms with Gasteiger partial charge in [-0.2, -0.15) is 0 Å². The third-order valence-electron chi connectivity index (χ3n) is 4.77. The van der Waals surface area contributed by atoms with Crippen LogP contribution in [-0.4, -0.2) is 48.2 Å². The first-order valence-electron chi connectivity index (χ1n) is 7.94. The predicted octanol–water partition coefficient (Wildman–Crippen LogP) is 1.67. The van der Waals surface area contributed by atoms with E-state index in [0.29, 0.717) is 19.0 Å². The van der Waals surface area contributed by atoms with Gasteiger partial charge >= 0.3 is 0 Å². The van der Waals surface area contributed by atoms with Crippen molar-refractivity contribution in [2.45, 2.75) is 32.3 Å². The Labute approximate surface area is 126 Å². The Balaban J connectivity index is 1.67. The number of likely N-dealkylation sites (tertiary alicyclic amines) is 1. The molecule has 2 atom stereocenters. The number of hydrogen-bond acceptors (Lipinski definition) is 3. The number of carbonyl (C=O) groups is 1. The zero-order valence-corrected chi connectivity index (χ0v) is 12.7. The van der Waals surface area contributed by atoms with Crippen LogP contribution in [0.1, 0.15) is 25.3 Å². The van der Waals surface area contributed by atoms with Crippen LogP contribution < -0.4 is 4.90 Å². The van der Waals surface area contributed by atoms with Crippen molar-refractivity contribution >= 4 is 11.6 Å². The lowest BCUT2D eigenvalue weighted by atomic mass is 9.96. The molecule has 0 bridgehead atoms. The molecule has 1 fully saturated rings. The van der Waals surface area contributed by atoms with E-state index in [1.54, 1.807) is 0 Å². The number of fused-ring (bicyclic) bond motifs is 1. The smallest absolute Gasteiger partial charge is 0.241 e. The van der Waals surface area contributed by atoms with Gasteiger partial charge in [0.1, 0.15) is 0 Å². The third kappa shape index (κ3) is 3.11. The van der Waals surface area contributed by atoms with E-state index in [2.05, 4.69) is 17.9 Å². The number of amides is 1. The van der Waals surface area contributed by atoms with E-state index in [-0.39, 0.29) is 12.0 Å². The van der Waals surface area contributed by atoms with Crippen molar-refractivity contribution in [3.8, 4) is 0 Å². The SMILES string of the molecule is CC1CCN(CC(=O)N2CCCc3ccccc32)CC1O. The summed E-state index contributed by atoms with van der Waals surface area (Å²) in [6.07, 6.45) is 2.74. The fourth-order valence-corrected chi connectivity index (χ4v) is 3.33. The standard InChI is InChI=1S/C17H24N2O2/c1-13-8-10-18(11-16(13)20)12-17(21)19-9-4-6-14-5-2-3-7-15(14)19/h2-3,5,7,13,16,20H,4,6,8-12H2,1H3. The molecule has 3 rings (SSSR count). The van der Waals surface area contributed by atoms with Crippen molar-refractivity contribution in [3.05, 3.63) is 29.8 Å². The van der Waals surface area contributed by atoms with Crippen molar-refractivity contribution in [2.75, 3.05) is 31.1 Å². The first kappa shape index (κ1) is 14.5. The number of benzene rings is 1. The first-order chi connectivity index (χ1) is 10.1. The molecule has 2 heterocycles. The number of piperidine rings is 1. The van der Waals surface area contributed by atoms with E-state index in [1.807, 2.05) is 23.1 Å². The first-order valence-corrected chi connectivity index (χ1v) is 7.94. The van der Waals surface area contributed by atoms with Crippen LogP contribution in [0, 0.1) is 5.92 Å². The van der Waals surface area contributed by atoms with Crippen LogP contribution in [-0.2, 0) is 11.2 Å². The average molecular weight is 288 g/mol. The number of carbonyl (C=O) groups excluding carboxylic acids is 1. The van der Waals surface area contributed by atoms with Crippen LogP contribution in [0.5, 0.6) is 0 Å². The summed E-state index contributed by atoms with van der Waals surface area (Å²) in [5.41, 5.74) is 2.34. The molecule has 1 aromatic carbocycles. The Hall–Kier alpha value is -1.39. The number of hydrogen-bond donors (Lipinski definition) is 1. The fraction of sp³-hybridized carbons (Fsp3) is 0.588. The molecule has 2 unspecified atom stereocenters. The van der Waals surface area contributed by atoms with Crippen molar-refractivity contribution in [2.24, 2.45) is 5.92 Å². The number of aryl methyl sites for hydroxylation is 1. The topological polar surface area (TPSA) is 43.8 Å². The van der Waals surface area contributed by atoms with Gasteiger partial charge in [-0.05, 0) is 43.4 Å². The molecular formula is C17H24N2O2. The van der Waals surface area contributed by atoms with Gasteiger partial charge in [-0.15, -0.1) is 0 Å². The molecule has 1 aromatic rings. The Morgan fingerprint density at radius 1 is 1.33 bits per heavy atom. The van der Waals surface area contributed by atoms with Crippen molar-refractivity contribution in [1.82, 2.24) is 4.90 Å². The number of anilines is 1. The second-order valence-electron chi connectivity index (χ2n) is 6.35. The molecule has 21 heavy (non-hydrogen) atoms. The van der Waals surface area contributed by atoms with E-state index in [1.165, 1.54) is 5.56 Å². The summed E-state index contributed by atoms with van der Waals surface area (Å²) in [6.45, 7) is 4.81. The molecule has 4 heteroatoms. The second kappa shape index (κ2) is 6.16. The monoisotopic (exact) mass is 288 g/mol. The van der Waals surface area contributed by atoms with Gasteiger partial charge in [0.2, 0.25) is 5.91 Å². The van der Waals surface area contributed by atoms with Crippen molar-refractivity contribution in [3.63, 3.8) is 0 Å². The summed E-state index contributed by atoms with van der Waals surface area (Å²) >= 11 is 0. The summed E-state index contributed by atoms with van der Waals surface area (Å²) in [7, 11) is 0. The van der Waals surface area contributed by atoms with Crippen molar-refractivity contribution in [1.29, 1.82) is 0 Å². The van der Waals surface area contributed by atoms with Crippen LogP contribution in [0.3, 0.4) is 0 Å². The molecule has 0 aliphatic carbocycles. The highest BCUT2D eigenvalue weighted by atomic mass is 16.3. The lowest BCUT2D eigenvalue weighted by Crippen LogP contribution is -2.48. The van der Waals surface area contributed by atoms with Gasteiger partial charge in [0.25, 0.3) is 0 Å². The van der Waals surface area contributed by atoms with E-state index < -0.39 is 0 Å². The largest absolute Gasteiger partial charge is 0.392 e. The summed E-state index contributed by atoms with van der Waals surface area (Å²) in [5, 5.41) is 9.96. The molecular weight excluding hydrogens is 264 g/mol. The lowest BCUT2D eigenvalue weighted by Gasteiger charge is -2.36. The minimum absolute atomic E-state index is 0.156. The summed E-state index contributed by atoms with van der Waals surface area (Å²) in [6, 6.07) is 8.19. The van der Waals surface area contributed by atoms with Gasteiger partial charge in [0.15, 0.2) is 0 Å². The van der Waals surface area contributed by atoms with Crippen LogP contribution in [0.4, 0.5) is 5.69 Å². The quantitative estimate of drug-likeness (QED) is 0.900. The maximum atomic E-state index is 12.6. The van der Waals surface area contributed by atoms with Crippen LogP contribution >= 0.6 is 0 Å². The Bertz CT molecular complexity index is 517. The van der Waals surface area contributed by atoms with E-state index >= 15 is 0 Å². The Morgan fingerprint density at radius 2 is 2.14 bits per heavy atom. The molecule has 1 saturated heterocycles. The maximum Gasteiger partial charge on any atom is 0.241 e. The molecule has 0 aromatic heterocycles. The van der Waals surface area contributed by atoms with Gasteiger partial charge in [-0.3, -0.25) is 9.69 Å². The Kier molecular flexibility index (Phi) is 4.27. The summed E-state index contributed by atoms with van der Waals surface area (Å²) < 4.78 is 0. The molecule has 2 aliphatic rings. The normalized spacial score (nSPS) is 26.5. The van der Waals surface area contributed by atoms with Crippen molar-refractivity contribution < 1.29 is 9.90 Å². The highest BCUT2D eigenvalue weighted by Gasteiger charge is 2.28. The second-order valence-corrected chi connectivity index (χ2v) is 6.35. The van der Waals surface area contributed by atoms with E-state index in [0.717, 1.165) is 38.0 Å². The molecule has 4 nitrogen and oxygen atoms in total. The average Bonchev–Trinajstić information content (AvgIpc) is 2.50. The van der Waals surface area contributed by atoms with Crippen LogP contribution in [0.15, 0.2) is 24.3 Å². The molecule has 0 spiro atoms. The number of rotatable bonds is 2. The third-order valence-corrected chi connectivity index (χ3v) is 4.77. The van der Waals surface area contributed by atoms with Gasteiger partial charge in [0.05, 0.1) is 12.6 Å². The van der Waals surface area contributed by atoms with Gasteiger partial charge in [0, 0.05) is 18.8 Å². The molecule has 114 valence electrons. The van der Waals surface area contributed by atoms with Gasteiger partial charge < -0.3 is 10.0 Å². The number of nitrogens with zero attached hydrogens (tertiary/aromatic N) is 2. The molecule has 1 amide bonds. The van der Waals surface area contributed by atoms with Crippen LogP contribution in [0.25, 0.3) is 0 Å². The zero-order chi connectivity index (χ0) is 14.8. The van der Waals surface area contributed by atoms with Crippen LogP contribution in [0.2, 0.25) is 0 Å². The zero-order valence-electron chi connectivity index (χ0n) is 12.7. The Morgan fingerprint density at radius 3 is 2.95 bits per heavy atom. The number of β-amino-alcohol motifs (C(OH)–C–C–N with tert-alkyl or cyclic N) is 1. The molecule has 2 aliphatic heterocycles. The highest BCUT2D eigenvalue weighted by Crippen LogP contribution is 2.27. The number of para-hydroxylation sites is 1. The summed E-state index contributed by atoms with van der Waals surface area (Å²) in [4.78, 5) is 16.6.